The molecule has 20 heavy (non-hydrogen) atoms. The Morgan fingerprint density at radius 1 is 1.00 bits per heavy atom. The number of nitrogens with two attached hydrogens (primary N) is 1. The van der Waals surface area contributed by atoms with Crippen molar-refractivity contribution in [2.24, 2.45) is 0 Å². The summed E-state index contributed by atoms with van der Waals surface area (Å²) < 4.78 is 55.6. The fraction of sp³-hybridized carbons (Fsp3) is 0.143. The molecule has 2 N–H and O–H groups in total. The molecule has 0 saturated heterocycles. The first kappa shape index (κ1) is 14.2. The normalized spacial score (nSPS) is 11.4. The van der Waals surface area contributed by atoms with Crippen LogP contribution in [-0.2, 0) is 6.42 Å². The Bertz CT molecular complexity index is 593. The van der Waals surface area contributed by atoms with E-state index in [-0.39, 0.29) is 22.7 Å². The summed E-state index contributed by atoms with van der Waals surface area (Å²) in [6.07, 6.45) is -5.51. The van der Waals surface area contributed by atoms with Crippen molar-refractivity contribution in [1.82, 2.24) is 0 Å². The Labute approximate surface area is 112 Å². The van der Waals surface area contributed by atoms with Crippen molar-refractivity contribution in [2.45, 2.75) is 12.6 Å². The summed E-state index contributed by atoms with van der Waals surface area (Å²) in [6, 6.07) is 9.02. The number of benzene rings is 2. The van der Waals surface area contributed by atoms with Crippen molar-refractivity contribution in [2.75, 3.05) is 5.73 Å². The van der Waals surface area contributed by atoms with Gasteiger partial charge in [0.2, 0.25) is 0 Å². The lowest BCUT2D eigenvalue weighted by atomic mass is 10.1. The lowest BCUT2D eigenvalue weighted by molar-refractivity contribution is -0.127. The second kappa shape index (κ2) is 5.40. The van der Waals surface area contributed by atoms with E-state index in [9.17, 15) is 17.6 Å². The second-order valence-corrected chi connectivity index (χ2v) is 4.22. The zero-order valence-corrected chi connectivity index (χ0v) is 10.2. The molecule has 0 amide bonds. The molecule has 0 aliphatic rings. The minimum atomic E-state index is -4.37. The molecule has 6 heteroatoms. The molecular formula is C14H11F4NO. The van der Waals surface area contributed by atoms with Crippen LogP contribution >= 0.6 is 0 Å². The van der Waals surface area contributed by atoms with Gasteiger partial charge in [0.15, 0.2) is 0 Å². The fourth-order valence-electron chi connectivity index (χ4n) is 1.68. The lowest BCUT2D eigenvalue weighted by Crippen LogP contribution is -2.12. The third kappa shape index (κ3) is 3.88. The second-order valence-electron chi connectivity index (χ2n) is 4.22. The predicted octanol–water partition coefficient (Wildman–Crippen LogP) is 4.31. The maximum Gasteiger partial charge on any atom is 0.393 e. The number of ether oxygens (including phenoxy) is 1. The fourth-order valence-corrected chi connectivity index (χ4v) is 1.68. The van der Waals surface area contributed by atoms with E-state index in [4.69, 9.17) is 10.5 Å². The van der Waals surface area contributed by atoms with Crippen LogP contribution in [0, 0.1) is 5.82 Å². The van der Waals surface area contributed by atoms with Gasteiger partial charge in [0.25, 0.3) is 0 Å². The molecule has 0 atom stereocenters. The Morgan fingerprint density at radius 3 is 2.25 bits per heavy atom. The highest BCUT2D eigenvalue weighted by Gasteiger charge is 2.29. The van der Waals surface area contributed by atoms with E-state index >= 15 is 0 Å². The Hall–Kier alpha value is -2.24. The lowest BCUT2D eigenvalue weighted by Gasteiger charge is -2.13. The Balaban J connectivity index is 2.28. The van der Waals surface area contributed by atoms with Gasteiger partial charge >= 0.3 is 6.18 Å². The summed E-state index contributed by atoms with van der Waals surface area (Å²) in [5.74, 6) is -0.159. The van der Waals surface area contributed by atoms with Gasteiger partial charge in [-0.1, -0.05) is 0 Å². The van der Waals surface area contributed by atoms with Gasteiger partial charge < -0.3 is 10.5 Å². The molecule has 106 valence electrons. The average Bonchev–Trinajstić information content (AvgIpc) is 2.33. The zero-order chi connectivity index (χ0) is 14.8. The number of rotatable bonds is 3. The Morgan fingerprint density at radius 2 is 1.65 bits per heavy atom. The first-order valence-corrected chi connectivity index (χ1v) is 5.72. The molecule has 0 bridgehead atoms. The number of hydrogen-bond donors (Lipinski definition) is 1. The summed E-state index contributed by atoms with van der Waals surface area (Å²) >= 11 is 0. The smallest absolute Gasteiger partial charge is 0.393 e. The number of hydrogen-bond acceptors (Lipinski definition) is 2. The third-order valence-electron chi connectivity index (χ3n) is 2.52. The topological polar surface area (TPSA) is 35.2 Å². The zero-order valence-electron chi connectivity index (χ0n) is 10.2. The van der Waals surface area contributed by atoms with Crippen LogP contribution in [0.2, 0.25) is 0 Å². The highest BCUT2D eigenvalue weighted by molar-refractivity contribution is 5.49. The molecule has 0 spiro atoms. The molecule has 0 unspecified atom stereocenters. The standard InChI is InChI=1S/C14H11F4NO/c15-10-1-4-12(5-2-10)20-13-6-3-11(19)7-9(13)8-14(16,17)18/h1-7H,8,19H2. The highest BCUT2D eigenvalue weighted by atomic mass is 19.4. The van der Waals surface area contributed by atoms with Crippen molar-refractivity contribution in [1.29, 1.82) is 0 Å². The van der Waals surface area contributed by atoms with Crippen molar-refractivity contribution in [3.05, 3.63) is 53.8 Å². The van der Waals surface area contributed by atoms with Crippen LogP contribution in [0.3, 0.4) is 0 Å². The third-order valence-corrected chi connectivity index (χ3v) is 2.52. The molecule has 2 aromatic carbocycles. The predicted molar refractivity (Wildman–Crippen MR) is 67.1 cm³/mol. The maximum absolute atomic E-state index is 12.8. The minimum absolute atomic E-state index is 0.0446. The molecule has 0 aromatic heterocycles. The molecule has 0 aliphatic carbocycles. The van der Waals surface area contributed by atoms with Gasteiger partial charge in [-0.15, -0.1) is 0 Å². The highest BCUT2D eigenvalue weighted by Crippen LogP contribution is 2.32. The molecule has 2 aromatic rings. The molecule has 0 fully saturated rings. The molecule has 0 radical (unpaired) electrons. The monoisotopic (exact) mass is 285 g/mol. The summed E-state index contributed by atoms with van der Waals surface area (Å²) in [4.78, 5) is 0. The van der Waals surface area contributed by atoms with E-state index in [1.165, 1.54) is 30.3 Å². The van der Waals surface area contributed by atoms with Crippen LogP contribution < -0.4 is 10.5 Å². The van der Waals surface area contributed by atoms with Crippen LogP contribution in [0.5, 0.6) is 11.5 Å². The van der Waals surface area contributed by atoms with Gasteiger partial charge in [0.1, 0.15) is 17.3 Å². The summed E-state index contributed by atoms with van der Waals surface area (Å²) in [7, 11) is 0. The van der Waals surface area contributed by atoms with E-state index in [2.05, 4.69) is 0 Å². The van der Waals surface area contributed by atoms with Gasteiger partial charge in [0.05, 0.1) is 6.42 Å². The molecule has 2 nitrogen and oxygen atoms in total. The average molecular weight is 285 g/mol. The largest absolute Gasteiger partial charge is 0.457 e. The summed E-state index contributed by atoms with van der Waals surface area (Å²) in [5, 5.41) is 0. The Kier molecular flexibility index (Phi) is 3.83. The van der Waals surface area contributed by atoms with Crippen LogP contribution in [-0.4, -0.2) is 6.18 Å². The van der Waals surface area contributed by atoms with E-state index in [1.54, 1.807) is 0 Å². The van der Waals surface area contributed by atoms with Crippen LogP contribution in [0.4, 0.5) is 23.2 Å². The van der Waals surface area contributed by atoms with Gasteiger partial charge in [-0.25, -0.2) is 4.39 Å². The number of anilines is 1. The summed E-state index contributed by atoms with van der Waals surface area (Å²) in [5.41, 5.74) is 5.64. The van der Waals surface area contributed by atoms with Crippen molar-refractivity contribution >= 4 is 5.69 Å². The molecular weight excluding hydrogens is 274 g/mol. The van der Waals surface area contributed by atoms with Crippen LogP contribution in [0.1, 0.15) is 5.56 Å². The first-order valence-electron chi connectivity index (χ1n) is 5.72. The van der Waals surface area contributed by atoms with Gasteiger partial charge in [-0.05, 0) is 42.5 Å². The SMILES string of the molecule is Nc1ccc(Oc2ccc(F)cc2)c(CC(F)(F)F)c1. The van der Waals surface area contributed by atoms with Gasteiger partial charge in [-0.3, -0.25) is 0 Å². The number of alkyl halides is 3. The van der Waals surface area contributed by atoms with Crippen molar-refractivity contribution in [3.8, 4) is 11.5 Å². The van der Waals surface area contributed by atoms with E-state index in [0.29, 0.717) is 0 Å². The molecule has 0 heterocycles. The first-order chi connectivity index (χ1) is 9.33. The molecule has 0 saturated carbocycles. The van der Waals surface area contributed by atoms with Gasteiger partial charge in [-0.2, -0.15) is 13.2 Å². The quantitative estimate of drug-likeness (QED) is 0.674. The molecule has 0 aliphatic heterocycles. The minimum Gasteiger partial charge on any atom is -0.457 e. The number of halogens is 4. The maximum atomic E-state index is 12.8. The number of nitrogen functional groups attached to an aromatic ring is 1. The van der Waals surface area contributed by atoms with Crippen LogP contribution in [0.15, 0.2) is 42.5 Å². The summed E-state index contributed by atoms with van der Waals surface area (Å²) in [6.45, 7) is 0. The van der Waals surface area contributed by atoms with Crippen molar-refractivity contribution in [3.63, 3.8) is 0 Å². The van der Waals surface area contributed by atoms with E-state index in [1.807, 2.05) is 0 Å². The van der Waals surface area contributed by atoms with E-state index in [0.717, 1.165) is 12.1 Å². The molecule has 2 rings (SSSR count). The van der Waals surface area contributed by atoms with E-state index < -0.39 is 18.4 Å². The van der Waals surface area contributed by atoms with Crippen LogP contribution in [0.25, 0.3) is 0 Å². The van der Waals surface area contributed by atoms with Gasteiger partial charge in [0, 0.05) is 11.3 Å². The van der Waals surface area contributed by atoms with Crippen molar-refractivity contribution < 1.29 is 22.3 Å².